The highest BCUT2D eigenvalue weighted by Gasteiger charge is 2.29. The molecule has 0 unspecified atom stereocenters. The molecule has 0 saturated carbocycles. The summed E-state index contributed by atoms with van der Waals surface area (Å²) >= 11 is 1.51. The van der Waals surface area contributed by atoms with Crippen molar-refractivity contribution < 1.29 is 14.3 Å². The third-order valence-electron chi connectivity index (χ3n) is 4.32. The van der Waals surface area contributed by atoms with Gasteiger partial charge in [-0.3, -0.25) is 4.79 Å². The summed E-state index contributed by atoms with van der Waals surface area (Å²) in [5, 5.41) is 13.0. The van der Waals surface area contributed by atoms with Crippen LogP contribution in [0, 0.1) is 11.3 Å². The number of ether oxygens (including phenoxy) is 2. The van der Waals surface area contributed by atoms with E-state index in [1.807, 2.05) is 18.2 Å². The molecule has 24 heavy (non-hydrogen) atoms. The van der Waals surface area contributed by atoms with Gasteiger partial charge >= 0.3 is 0 Å². The first-order chi connectivity index (χ1) is 11.8. The largest absolute Gasteiger partial charge is 0.485 e. The van der Waals surface area contributed by atoms with Crippen molar-refractivity contribution in [3.63, 3.8) is 0 Å². The fourth-order valence-electron chi connectivity index (χ4n) is 3.11. The molecule has 2 aromatic rings. The minimum atomic E-state index is -0.717. The topological polar surface area (TPSA) is 71.4 Å². The molecule has 1 aromatic heterocycles. The van der Waals surface area contributed by atoms with Crippen LogP contribution >= 0.6 is 11.3 Å². The number of carbonyl (C=O) groups excluding carboxylic acids is 1. The molecule has 1 aromatic carbocycles. The summed E-state index contributed by atoms with van der Waals surface area (Å²) in [6.07, 6.45) is 3.43. The van der Waals surface area contributed by atoms with Gasteiger partial charge in [-0.15, -0.1) is 11.3 Å². The Balaban J connectivity index is 1.53. The normalized spacial score (nSPS) is 18.4. The summed E-state index contributed by atoms with van der Waals surface area (Å²) in [5.41, 5.74) is 1.72. The zero-order valence-electron chi connectivity index (χ0n) is 13.0. The first kappa shape index (κ1) is 15.0. The highest BCUT2D eigenvalue weighted by Crippen LogP contribution is 2.38. The second-order valence-corrected chi connectivity index (χ2v) is 6.99. The van der Waals surface area contributed by atoms with Gasteiger partial charge in [0, 0.05) is 4.88 Å². The van der Waals surface area contributed by atoms with Crippen LogP contribution in [0.2, 0.25) is 0 Å². The third kappa shape index (κ3) is 2.61. The summed E-state index contributed by atoms with van der Waals surface area (Å²) in [4.78, 5) is 13.8. The molecule has 1 N–H and O–H groups in total. The monoisotopic (exact) mass is 340 g/mol. The van der Waals surface area contributed by atoms with Crippen LogP contribution in [-0.4, -0.2) is 18.6 Å². The number of benzene rings is 1. The van der Waals surface area contributed by atoms with Gasteiger partial charge < -0.3 is 14.8 Å². The standard InChI is InChI=1S/C18H16N2O3S/c19-9-12-11-5-1-4-8-16(11)24-18(12)20-17(21)15-10-22-13-6-2-3-7-14(13)23-15/h2-3,6-7,15H,1,4-5,8,10H2,(H,20,21)/t15-/m1/s1. The molecule has 6 heteroatoms. The average Bonchev–Trinajstić information content (AvgIpc) is 2.98. The summed E-state index contributed by atoms with van der Waals surface area (Å²) in [5.74, 6) is 0.931. The van der Waals surface area contributed by atoms with Crippen molar-refractivity contribution in [2.75, 3.05) is 11.9 Å². The minimum Gasteiger partial charge on any atom is -0.485 e. The Kier molecular flexibility index (Phi) is 3.87. The van der Waals surface area contributed by atoms with E-state index in [0.29, 0.717) is 22.1 Å². The lowest BCUT2D eigenvalue weighted by molar-refractivity contribution is -0.125. The lowest BCUT2D eigenvalue weighted by Gasteiger charge is -2.25. The Bertz CT molecular complexity index is 837. The van der Waals surface area contributed by atoms with E-state index < -0.39 is 6.10 Å². The van der Waals surface area contributed by atoms with Gasteiger partial charge in [0.1, 0.15) is 17.7 Å². The van der Waals surface area contributed by atoms with Crippen LogP contribution in [0.3, 0.4) is 0 Å². The van der Waals surface area contributed by atoms with Crippen LogP contribution in [0.4, 0.5) is 5.00 Å². The van der Waals surface area contributed by atoms with Crippen molar-refractivity contribution in [1.82, 2.24) is 0 Å². The molecule has 1 aliphatic heterocycles. The van der Waals surface area contributed by atoms with Gasteiger partial charge in [0.15, 0.2) is 11.5 Å². The van der Waals surface area contributed by atoms with Gasteiger partial charge in [-0.1, -0.05) is 12.1 Å². The van der Waals surface area contributed by atoms with E-state index in [1.165, 1.54) is 16.2 Å². The number of thiophene rings is 1. The lowest BCUT2D eigenvalue weighted by atomic mass is 9.96. The first-order valence-electron chi connectivity index (χ1n) is 8.00. The molecule has 0 fully saturated rings. The Labute approximate surface area is 143 Å². The maximum atomic E-state index is 12.5. The van der Waals surface area contributed by atoms with Crippen LogP contribution < -0.4 is 14.8 Å². The van der Waals surface area contributed by atoms with E-state index in [1.54, 1.807) is 6.07 Å². The Morgan fingerprint density at radius 2 is 2.04 bits per heavy atom. The van der Waals surface area contributed by atoms with E-state index in [2.05, 4.69) is 11.4 Å². The number of aryl methyl sites for hydroxylation is 1. The summed E-state index contributed by atoms with van der Waals surface area (Å²) < 4.78 is 11.3. The molecule has 5 nitrogen and oxygen atoms in total. The summed E-state index contributed by atoms with van der Waals surface area (Å²) in [7, 11) is 0. The molecule has 1 atom stereocenters. The zero-order chi connectivity index (χ0) is 16.5. The second-order valence-electron chi connectivity index (χ2n) is 5.88. The molecule has 1 aliphatic carbocycles. The number of nitrogens with zero attached hydrogens (tertiary/aromatic N) is 1. The number of amides is 1. The van der Waals surface area contributed by atoms with Crippen LogP contribution in [-0.2, 0) is 17.6 Å². The zero-order valence-corrected chi connectivity index (χ0v) is 13.8. The quantitative estimate of drug-likeness (QED) is 0.911. The highest BCUT2D eigenvalue weighted by molar-refractivity contribution is 7.16. The predicted molar refractivity (Wildman–Crippen MR) is 90.7 cm³/mol. The van der Waals surface area contributed by atoms with Crippen LogP contribution in [0.15, 0.2) is 24.3 Å². The fourth-order valence-corrected chi connectivity index (χ4v) is 4.36. The van der Waals surface area contributed by atoms with Gasteiger partial charge in [-0.2, -0.15) is 5.26 Å². The molecule has 2 heterocycles. The van der Waals surface area contributed by atoms with Gasteiger partial charge in [0.2, 0.25) is 6.10 Å². The minimum absolute atomic E-state index is 0.163. The third-order valence-corrected chi connectivity index (χ3v) is 5.53. The van der Waals surface area contributed by atoms with Gasteiger partial charge in [0.05, 0.1) is 5.56 Å². The Morgan fingerprint density at radius 1 is 1.25 bits per heavy atom. The molecular weight excluding hydrogens is 324 g/mol. The number of nitrogens with one attached hydrogen (secondary N) is 1. The Hall–Kier alpha value is -2.52. The van der Waals surface area contributed by atoms with Crippen LogP contribution in [0.25, 0.3) is 0 Å². The van der Waals surface area contributed by atoms with E-state index >= 15 is 0 Å². The van der Waals surface area contributed by atoms with Crippen molar-refractivity contribution in [2.24, 2.45) is 0 Å². The highest BCUT2D eigenvalue weighted by atomic mass is 32.1. The number of para-hydroxylation sites is 2. The van der Waals surface area contributed by atoms with Crippen LogP contribution in [0.1, 0.15) is 28.8 Å². The fraction of sp³-hybridized carbons (Fsp3) is 0.333. The SMILES string of the molecule is N#Cc1c(NC(=O)[C@H]2COc3ccccc3O2)sc2c1CCCC2. The van der Waals surface area contributed by atoms with E-state index in [0.717, 1.165) is 31.2 Å². The lowest BCUT2D eigenvalue weighted by Crippen LogP contribution is -2.40. The molecular formula is C18H16N2O3S. The molecule has 2 aliphatic rings. The molecule has 122 valence electrons. The number of nitriles is 1. The Morgan fingerprint density at radius 3 is 2.88 bits per heavy atom. The van der Waals surface area contributed by atoms with Gasteiger partial charge in [-0.25, -0.2) is 0 Å². The maximum absolute atomic E-state index is 12.5. The van der Waals surface area contributed by atoms with Crippen molar-refractivity contribution in [3.8, 4) is 17.6 Å². The van der Waals surface area contributed by atoms with Crippen molar-refractivity contribution in [3.05, 3.63) is 40.3 Å². The number of anilines is 1. The smallest absolute Gasteiger partial charge is 0.269 e. The average molecular weight is 340 g/mol. The summed E-state index contributed by atoms with van der Waals surface area (Å²) in [6.45, 7) is 0.163. The number of fused-ring (bicyclic) bond motifs is 2. The molecule has 0 radical (unpaired) electrons. The van der Waals surface area contributed by atoms with E-state index in [4.69, 9.17) is 9.47 Å². The first-order valence-corrected chi connectivity index (χ1v) is 8.82. The van der Waals surface area contributed by atoms with Crippen molar-refractivity contribution in [1.29, 1.82) is 5.26 Å². The number of carbonyl (C=O) groups is 1. The second kappa shape index (κ2) is 6.17. The molecule has 0 bridgehead atoms. The molecule has 1 amide bonds. The van der Waals surface area contributed by atoms with Crippen LogP contribution in [0.5, 0.6) is 11.5 Å². The molecule has 0 spiro atoms. The van der Waals surface area contributed by atoms with E-state index in [9.17, 15) is 10.1 Å². The van der Waals surface area contributed by atoms with Gasteiger partial charge in [-0.05, 0) is 43.4 Å². The predicted octanol–water partition coefficient (Wildman–Crippen LogP) is 3.28. The number of hydrogen-bond donors (Lipinski definition) is 1. The number of hydrogen-bond acceptors (Lipinski definition) is 5. The molecule has 0 saturated heterocycles. The number of rotatable bonds is 2. The van der Waals surface area contributed by atoms with Crippen molar-refractivity contribution >= 4 is 22.2 Å². The molecule has 4 rings (SSSR count). The van der Waals surface area contributed by atoms with Crippen molar-refractivity contribution in [2.45, 2.75) is 31.8 Å². The van der Waals surface area contributed by atoms with E-state index in [-0.39, 0.29) is 12.5 Å². The van der Waals surface area contributed by atoms with Gasteiger partial charge in [0.25, 0.3) is 5.91 Å². The summed E-state index contributed by atoms with van der Waals surface area (Å²) in [6, 6.07) is 9.53. The maximum Gasteiger partial charge on any atom is 0.269 e.